The molecule has 2 unspecified atom stereocenters. The number of hydrogen-bond acceptors (Lipinski definition) is 5. The second-order valence-corrected chi connectivity index (χ2v) is 5.04. The molecule has 2 aromatic rings. The highest BCUT2D eigenvalue weighted by molar-refractivity contribution is 6.18. The van der Waals surface area contributed by atoms with Gasteiger partial charge in [-0.25, -0.2) is 0 Å². The van der Waals surface area contributed by atoms with E-state index in [1.165, 1.54) is 23.9 Å². The molecule has 0 saturated heterocycles. The molecule has 1 fully saturated rings. The second kappa shape index (κ2) is 5.06. The van der Waals surface area contributed by atoms with Crippen LogP contribution >= 0.6 is 11.6 Å². The number of tetrazole rings is 1. The first-order chi connectivity index (χ1) is 8.86. The molecule has 0 bridgehead atoms. The number of nitrogens with zero attached hydrogens (tertiary/aromatic N) is 5. The van der Waals surface area contributed by atoms with Crippen molar-refractivity contribution in [2.24, 2.45) is 11.8 Å². The normalized spacial score (nSPS) is 23.6. The Balaban J connectivity index is 1.65. The van der Waals surface area contributed by atoms with Crippen LogP contribution in [0.15, 0.2) is 12.1 Å². The fourth-order valence-corrected chi connectivity index (χ4v) is 2.97. The lowest BCUT2D eigenvalue weighted by atomic mass is 9.98. The monoisotopic (exact) mass is 266 g/mol. The van der Waals surface area contributed by atoms with Crippen LogP contribution in [0.3, 0.4) is 0 Å². The van der Waals surface area contributed by atoms with Crippen LogP contribution in [0.1, 0.15) is 19.3 Å². The SMILES string of the molecule is ClCC1CCCC1CNc1ccc2nnnn2n1. The predicted octanol–water partition coefficient (Wildman–Crippen LogP) is 1.59. The first-order valence-corrected chi connectivity index (χ1v) is 6.75. The fraction of sp³-hybridized carbons (Fsp3) is 0.636. The maximum atomic E-state index is 5.97. The zero-order valence-electron chi connectivity index (χ0n) is 9.96. The van der Waals surface area contributed by atoms with Crippen LogP contribution in [0.25, 0.3) is 5.65 Å². The molecule has 1 aliphatic rings. The summed E-state index contributed by atoms with van der Waals surface area (Å²) in [5, 5.41) is 18.8. The van der Waals surface area contributed by atoms with E-state index in [1.807, 2.05) is 12.1 Å². The Kier molecular flexibility index (Phi) is 3.27. The number of hydrogen-bond donors (Lipinski definition) is 1. The van der Waals surface area contributed by atoms with E-state index in [2.05, 4.69) is 25.9 Å². The van der Waals surface area contributed by atoms with Gasteiger partial charge >= 0.3 is 0 Å². The summed E-state index contributed by atoms with van der Waals surface area (Å²) in [5.41, 5.74) is 0.653. The van der Waals surface area contributed by atoms with E-state index in [-0.39, 0.29) is 0 Å². The third kappa shape index (κ3) is 2.25. The first-order valence-electron chi connectivity index (χ1n) is 6.22. The average Bonchev–Trinajstić information content (AvgIpc) is 3.04. The number of fused-ring (bicyclic) bond motifs is 1. The highest BCUT2D eigenvalue weighted by Gasteiger charge is 2.26. The highest BCUT2D eigenvalue weighted by atomic mass is 35.5. The topological polar surface area (TPSA) is 68.0 Å². The zero-order valence-corrected chi connectivity index (χ0v) is 10.7. The lowest BCUT2D eigenvalue weighted by Crippen LogP contribution is -2.20. The van der Waals surface area contributed by atoms with Gasteiger partial charge in [-0.2, -0.15) is 0 Å². The molecule has 2 heterocycles. The molecule has 2 aromatic heterocycles. The lowest BCUT2D eigenvalue weighted by Gasteiger charge is -2.17. The molecule has 0 radical (unpaired) electrons. The van der Waals surface area contributed by atoms with Gasteiger partial charge in [0.15, 0.2) is 5.65 Å². The van der Waals surface area contributed by atoms with Crippen LogP contribution < -0.4 is 5.32 Å². The maximum absolute atomic E-state index is 5.97. The van der Waals surface area contributed by atoms with E-state index in [1.54, 1.807) is 0 Å². The van der Waals surface area contributed by atoms with Gasteiger partial charge in [0.1, 0.15) is 5.82 Å². The van der Waals surface area contributed by atoms with Crippen LogP contribution in [0, 0.1) is 11.8 Å². The molecular formula is C11H15ClN6. The van der Waals surface area contributed by atoms with Gasteiger partial charge in [-0.05, 0) is 47.2 Å². The summed E-state index contributed by atoms with van der Waals surface area (Å²) < 4.78 is 1.43. The van der Waals surface area contributed by atoms with Crippen molar-refractivity contribution in [3.05, 3.63) is 12.1 Å². The average molecular weight is 267 g/mol. The van der Waals surface area contributed by atoms with Crippen LogP contribution in [0.2, 0.25) is 0 Å². The molecule has 96 valence electrons. The van der Waals surface area contributed by atoms with Gasteiger partial charge in [-0.1, -0.05) is 6.42 Å². The van der Waals surface area contributed by atoms with Gasteiger partial charge in [-0.15, -0.1) is 26.4 Å². The van der Waals surface area contributed by atoms with E-state index in [4.69, 9.17) is 11.6 Å². The van der Waals surface area contributed by atoms with Crippen molar-refractivity contribution in [3.8, 4) is 0 Å². The standard InChI is InChI=1S/C11H15ClN6/c12-6-8-2-1-3-9(8)7-13-10-4-5-11-14-16-17-18(11)15-10/h4-5,8-9H,1-3,6-7H2,(H,13,15). The van der Waals surface area contributed by atoms with Gasteiger partial charge < -0.3 is 5.32 Å². The molecule has 2 atom stereocenters. The van der Waals surface area contributed by atoms with Crippen LogP contribution in [0.4, 0.5) is 5.82 Å². The van der Waals surface area contributed by atoms with Gasteiger partial charge in [0.2, 0.25) is 0 Å². The fourth-order valence-electron chi connectivity index (χ4n) is 2.57. The molecule has 7 heteroatoms. The van der Waals surface area contributed by atoms with Gasteiger partial charge in [-0.3, -0.25) is 0 Å². The Hall–Kier alpha value is -1.43. The minimum absolute atomic E-state index is 0.635. The number of rotatable bonds is 4. The van der Waals surface area contributed by atoms with Crippen molar-refractivity contribution in [2.45, 2.75) is 19.3 Å². The van der Waals surface area contributed by atoms with Crippen molar-refractivity contribution < 1.29 is 0 Å². The summed E-state index contributed by atoms with van der Waals surface area (Å²) in [4.78, 5) is 0. The van der Waals surface area contributed by atoms with Crippen LogP contribution in [-0.2, 0) is 0 Å². The molecule has 18 heavy (non-hydrogen) atoms. The van der Waals surface area contributed by atoms with E-state index in [0.29, 0.717) is 17.5 Å². The summed E-state index contributed by atoms with van der Waals surface area (Å²) in [6.07, 6.45) is 3.77. The number of aromatic nitrogens is 5. The van der Waals surface area contributed by atoms with Crippen molar-refractivity contribution in [2.75, 3.05) is 17.7 Å². The van der Waals surface area contributed by atoms with Gasteiger partial charge in [0, 0.05) is 12.4 Å². The summed E-state index contributed by atoms with van der Waals surface area (Å²) >= 11 is 5.97. The van der Waals surface area contributed by atoms with Crippen LogP contribution in [-0.4, -0.2) is 37.7 Å². The summed E-state index contributed by atoms with van der Waals surface area (Å²) in [5.74, 6) is 2.84. The second-order valence-electron chi connectivity index (χ2n) is 4.73. The first kappa shape index (κ1) is 11.6. The Labute approximate surface area is 110 Å². The Morgan fingerprint density at radius 1 is 1.33 bits per heavy atom. The minimum atomic E-state index is 0.635. The minimum Gasteiger partial charge on any atom is -0.368 e. The lowest BCUT2D eigenvalue weighted by molar-refractivity contribution is 0.443. The van der Waals surface area contributed by atoms with Crippen molar-refractivity contribution in [3.63, 3.8) is 0 Å². The quantitative estimate of drug-likeness (QED) is 0.851. The van der Waals surface area contributed by atoms with Gasteiger partial charge in [0.05, 0.1) is 0 Å². The molecule has 0 aliphatic heterocycles. The molecule has 0 aromatic carbocycles. The molecule has 0 spiro atoms. The van der Waals surface area contributed by atoms with Crippen molar-refractivity contribution in [1.29, 1.82) is 0 Å². The zero-order chi connectivity index (χ0) is 12.4. The number of nitrogens with one attached hydrogen (secondary N) is 1. The smallest absolute Gasteiger partial charge is 0.200 e. The largest absolute Gasteiger partial charge is 0.368 e. The third-order valence-corrected chi connectivity index (χ3v) is 4.03. The molecule has 1 N–H and O–H groups in total. The van der Waals surface area contributed by atoms with E-state index < -0.39 is 0 Å². The molecular weight excluding hydrogens is 252 g/mol. The number of alkyl halides is 1. The summed E-state index contributed by atoms with van der Waals surface area (Å²) in [7, 11) is 0. The Morgan fingerprint density at radius 3 is 3.11 bits per heavy atom. The summed E-state index contributed by atoms with van der Waals surface area (Å²) in [6, 6.07) is 3.75. The van der Waals surface area contributed by atoms with Crippen LogP contribution in [0.5, 0.6) is 0 Å². The van der Waals surface area contributed by atoms with Crippen molar-refractivity contribution >= 4 is 23.1 Å². The van der Waals surface area contributed by atoms with Gasteiger partial charge in [0.25, 0.3) is 0 Å². The molecule has 6 nitrogen and oxygen atoms in total. The number of halogens is 1. The predicted molar refractivity (Wildman–Crippen MR) is 68.6 cm³/mol. The maximum Gasteiger partial charge on any atom is 0.200 e. The Bertz CT molecular complexity index is 527. The molecule has 1 saturated carbocycles. The third-order valence-electron chi connectivity index (χ3n) is 3.63. The summed E-state index contributed by atoms with van der Waals surface area (Å²) in [6.45, 7) is 0.915. The molecule has 3 rings (SSSR count). The highest BCUT2D eigenvalue weighted by Crippen LogP contribution is 2.32. The van der Waals surface area contributed by atoms with E-state index in [9.17, 15) is 0 Å². The van der Waals surface area contributed by atoms with E-state index >= 15 is 0 Å². The molecule has 1 aliphatic carbocycles. The molecule has 0 amide bonds. The number of anilines is 1. The van der Waals surface area contributed by atoms with E-state index in [0.717, 1.165) is 18.2 Å². The Morgan fingerprint density at radius 2 is 2.22 bits per heavy atom. The van der Waals surface area contributed by atoms with Crippen molar-refractivity contribution in [1.82, 2.24) is 25.3 Å².